The molecule has 0 spiro atoms. The standard InChI is InChI=1S/C18H15FN2/c1-12-17-10-15(19)4-3-14(17)11-21(12)16-5-6-18-13(9-16)7-8-20(18)2/h3-10H,1,11H2,2H3. The number of aryl methyl sites for hydroxylation is 1. The van der Waals surface area contributed by atoms with Crippen molar-refractivity contribution in [3.63, 3.8) is 0 Å². The zero-order chi connectivity index (χ0) is 14.6. The molecule has 1 aliphatic rings. The Morgan fingerprint density at radius 2 is 1.95 bits per heavy atom. The third-order valence-corrected chi connectivity index (χ3v) is 4.22. The molecule has 4 rings (SSSR count). The Morgan fingerprint density at radius 3 is 2.81 bits per heavy atom. The van der Waals surface area contributed by atoms with Gasteiger partial charge in [0.05, 0.1) is 0 Å². The van der Waals surface area contributed by atoms with Crippen LogP contribution >= 0.6 is 0 Å². The van der Waals surface area contributed by atoms with Crippen LogP contribution in [0.2, 0.25) is 0 Å². The quantitative estimate of drug-likeness (QED) is 0.644. The van der Waals surface area contributed by atoms with Crippen molar-refractivity contribution in [2.75, 3.05) is 4.90 Å². The first kappa shape index (κ1) is 12.2. The van der Waals surface area contributed by atoms with Crippen LogP contribution in [0, 0.1) is 5.82 Å². The van der Waals surface area contributed by atoms with Gasteiger partial charge in [-0.3, -0.25) is 0 Å². The molecule has 2 aromatic carbocycles. The van der Waals surface area contributed by atoms with Crippen molar-refractivity contribution in [1.82, 2.24) is 4.57 Å². The summed E-state index contributed by atoms with van der Waals surface area (Å²) in [6.07, 6.45) is 2.05. The number of nitrogens with zero attached hydrogens (tertiary/aromatic N) is 2. The second kappa shape index (κ2) is 4.22. The Hall–Kier alpha value is -2.55. The van der Waals surface area contributed by atoms with Gasteiger partial charge in [0.25, 0.3) is 0 Å². The zero-order valence-corrected chi connectivity index (χ0v) is 11.8. The number of fused-ring (bicyclic) bond motifs is 2. The van der Waals surface area contributed by atoms with Gasteiger partial charge in [0.15, 0.2) is 0 Å². The minimum Gasteiger partial charge on any atom is -0.351 e. The monoisotopic (exact) mass is 278 g/mol. The van der Waals surface area contributed by atoms with Gasteiger partial charge in [-0.15, -0.1) is 0 Å². The van der Waals surface area contributed by atoms with Gasteiger partial charge in [-0.05, 0) is 42.0 Å². The number of hydrogen-bond donors (Lipinski definition) is 0. The van der Waals surface area contributed by atoms with Crippen LogP contribution in [0.25, 0.3) is 16.6 Å². The Kier molecular flexibility index (Phi) is 2.45. The van der Waals surface area contributed by atoms with E-state index in [0.29, 0.717) is 0 Å². The predicted molar refractivity (Wildman–Crippen MR) is 84.5 cm³/mol. The Bertz CT molecular complexity index is 876. The van der Waals surface area contributed by atoms with Crippen LogP contribution in [0.15, 0.2) is 55.2 Å². The molecule has 0 saturated carbocycles. The van der Waals surface area contributed by atoms with Gasteiger partial charge < -0.3 is 9.47 Å². The van der Waals surface area contributed by atoms with Crippen molar-refractivity contribution < 1.29 is 4.39 Å². The normalized spacial score (nSPS) is 14.0. The van der Waals surface area contributed by atoms with Gasteiger partial charge >= 0.3 is 0 Å². The van der Waals surface area contributed by atoms with E-state index in [-0.39, 0.29) is 5.82 Å². The van der Waals surface area contributed by atoms with Crippen molar-refractivity contribution in [2.24, 2.45) is 7.05 Å². The highest BCUT2D eigenvalue weighted by molar-refractivity contribution is 5.89. The van der Waals surface area contributed by atoms with E-state index >= 15 is 0 Å². The minimum atomic E-state index is -0.213. The second-order valence-electron chi connectivity index (χ2n) is 5.50. The van der Waals surface area contributed by atoms with Crippen molar-refractivity contribution in [1.29, 1.82) is 0 Å². The number of hydrogen-bond acceptors (Lipinski definition) is 1. The van der Waals surface area contributed by atoms with E-state index < -0.39 is 0 Å². The number of benzene rings is 2. The molecule has 0 atom stereocenters. The van der Waals surface area contributed by atoms with Gasteiger partial charge in [-0.25, -0.2) is 4.39 Å². The molecule has 1 aromatic heterocycles. The summed E-state index contributed by atoms with van der Waals surface area (Å²) in [6, 6.07) is 13.4. The molecule has 1 aliphatic heterocycles. The molecule has 0 amide bonds. The molecule has 2 heterocycles. The first-order valence-electron chi connectivity index (χ1n) is 6.94. The van der Waals surface area contributed by atoms with E-state index in [1.807, 2.05) is 13.1 Å². The molecule has 104 valence electrons. The molecule has 2 nitrogen and oxygen atoms in total. The highest BCUT2D eigenvalue weighted by atomic mass is 19.1. The summed E-state index contributed by atoms with van der Waals surface area (Å²) in [7, 11) is 2.04. The maximum atomic E-state index is 13.4. The molecule has 0 bridgehead atoms. The van der Waals surface area contributed by atoms with Crippen LogP contribution < -0.4 is 4.90 Å². The summed E-state index contributed by atoms with van der Waals surface area (Å²) in [6.45, 7) is 4.88. The van der Waals surface area contributed by atoms with E-state index in [1.165, 1.54) is 17.0 Å². The van der Waals surface area contributed by atoms with Crippen molar-refractivity contribution in [3.05, 3.63) is 72.2 Å². The third-order valence-electron chi connectivity index (χ3n) is 4.22. The van der Waals surface area contributed by atoms with Crippen molar-refractivity contribution in [3.8, 4) is 0 Å². The molecule has 0 radical (unpaired) electrons. The molecule has 21 heavy (non-hydrogen) atoms. The van der Waals surface area contributed by atoms with E-state index in [0.717, 1.165) is 29.1 Å². The summed E-state index contributed by atoms with van der Waals surface area (Å²) >= 11 is 0. The second-order valence-corrected chi connectivity index (χ2v) is 5.50. The lowest BCUT2D eigenvalue weighted by Crippen LogP contribution is -2.12. The smallest absolute Gasteiger partial charge is 0.123 e. The molecule has 0 saturated heterocycles. The lowest BCUT2D eigenvalue weighted by molar-refractivity contribution is 0.627. The van der Waals surface area contributed by atoms with Gasteiger partial charge in [-0.2, -0.15) is 0 Å². The summed E-state index contributed by atoms with van der Waals surface area (Å²) in [5, 5.41) is 1.20. The topological polar surface area (TPSA) is 8.17 Å². The minimum absolute atomic E-state index is 0.213. The van der Waals surface area contributed by atoms with Gasteiger partial charge in [0, 0.05) is 47.6 Å². The van der Waals surface area contributed by atoms with E-state index in [1.54, 1.807) is 6.07 Å². The fourth-order valence-corrected chi connectivity index (χ4v) is 3.05. The lowest BCUT2D eigenvalue weighted by Gasteiger charge is -2.19. The molecule has 3 heteroatoms. The Labute approximate surface area is 122 Å². The molecule has 0 N–H and O–H groups in total. The average molecular weight is 278 g/mol. The molecular weight excluding hydrogens is 263 g/mol. The van der Waals surface area contributed by atoms with Gasteiger partial charge in [0.2, 0.25) is 0 Å². The van der Waals surface area contributed by atoms with Crippen LogP contribution in [-0.2, 0) is 13.6 Å². The predicted octanol–water partition coefficient (Wildman–Crippen LogP) is 4.31. The molecule has 0 fully saturated rings. The summed E-state index contributed by atoms with van der Waals surface area (Å²) in [4.78, 5) is 2.14. The number of aromatic nitrogens is 1. The third kappa shape index (κ3) is 1.77. The van der Waals surface area contributed by atoms with E-state index in [4.69, 9.17) is 0 Å². The molecule has 0 unspecified atom stereocenters. The summed E-state index contributed by atoms with van der Waals surface area (Å²) < 4.78 is 15.5. The fraction of sp³-hybridized carbons (Fsp3) is 0.111. The highest BCUT2D eigenvalue weighted by Gasteiger charge is 2.24. The van der Waals surface area contributed by atoms with Gasteiger partial charge in [0.1, 0.15) is 5.82 Å². The summed E-state index contributed by atoms with van der Waals surface area (Å²) in [5.41, 5.74) is 5.18. The van der Waals surface area contributed by atoms with Crippen molar-refractivity contribution in [2.45, 2.75) is 6.54 Å². The maximum Gasteiger partial charge on any atom is 0.123 e. The van der Waals surface area contributed by atoms with Crippen molar-refractivity contribution >= 4 is 22.3 Å². The average Bonchev–Trinajstić information content (AvgIpc) is 3.01. The number of halogens is 1. The molecule has 3 aromatic rings. The largest absolute Gasteiger partial charge is 0.351 e. The Balaban J connectivity index is 1.78. The van der Waals surface area contributed by atoms with Crippen LogP contribution in [-0.4, -0.2) is 4.57 Å². The highest BCUT2D eigenvalue weighted by Crippen LogP contribution is 2.37. The van der Waals surface area contributed by atoms with Crippen LogP contribution in [0.3, 0.4) is 0 Å². The number of anilines is 1. The lowest BCUT2D eigenvalue weighted by atomic mass is 10.1. The first-order valence-corrected chi connectivity index (χ1v) is 6.94. The van der Waals surface area contributed by atoms with Crippen LogP contribution in [0.4, 0.5) is 10.1 Å². The molecular formula is C18H15FN2. The Morgan fingerprint density at radius 1 is 1.10 bits per heavy atom. The first-order chi connectivity index (χ1) is 10.1. The fourth-order valence-electron chi connectivity index (χ4n) is 3.05. The van der Waals surface area contributed by atoms with Gasteiger partial charge in [-0.1, -0.05) is 12.6 Å². The maximum absolute atomic E-state index is 13.4. The van der Waals surface area contributed by atoms with E-state index in [9.17, 15) is 4.39 Å². The van der Waals surface area contributed by atoms with E-state index in [2.05, 4.69) is 46.5 Å². The van der Waals surface area contributed by atoms with Crippen LogP contribution in [0.1, 0.15) is 11.1 Å². The van der Waals surface area contributed by atoms with Crippen LogP contribution in [0.5, 0.6) is 0 Å². The zero-order valence-electron chi connectivity index (χ0n) is 11.8. The SMILES string of the molecule is C=C1c2cc(F)ccc2CN1c1ccc2c(ccn2C)c1. The number of rotatable bonds is 1. The molecule has 0 aliphatic carbocycles. The summed E-state index contributed by atoms with van der Waals surface area (Å²) in [5.74, 6) is -0.213.